The van der Waals surface area contributed by atoms with Gasteiger partial charge in [0.05, 0.1) is 29.9 Å². The molecule has 0 saturated carbocycles. The van der Waals surface area contributed by atoms with E-state index in [-0.39, 0.29) is 46.7 Å². The largest absolute Gasteiger partial charge is 0.462 e. The Morgan fingerprint density at radius 1 is 1.07 bits per heavy atom. The van der Waals surface area contributed by atoms with E-state index in [4.69, 9.17) is 14.2 Å². The predicted molar refractivity (Wildman–Crippen MR) is 101 cm³/mol. The van der Waals surface area contributed by atoms with Crippen molar-refractivity contribution in [1.82, 2.24) is 4.57 Å². The summed E-state index contributed by atoms with van der Waals surface area (Å²) in [5, 5.41) is -0.262. The summed E-state index contributed by atoms with van der Waals surface area (Å²) in [6.07, 6.45) is 1.17. The maximum absolute atomic E-state index is 14.5. The van der Waals surface area contributed by atoms with Gasteiger partial charge in [-0.25, -0.2) is 14.0 Å². The van der Waals surface area contributed by atoms with Gasteiger partial charge in [0, 0.05) is 6.20 Å². The molecule has 3 aromatic rings. The van der Waals surface area contributed by atoms with Crippen LogP contribution in [-0.2, 0) is 9.47 Å². The fraction of sp³-hybridized carbons (Fsp3) is 0.190. The van der Waals surface area contributed by atoms with Gasteiger partial charge in [0.15, 0.2) is 17.3 Å². The van der Waals surface area contributed by atoms with Crippen LogP contribution in [0, 0.1) is 11.6 Å². The predicted octanol–water partition coefficient (Wildman–Crippen LogP) is 3.73. The van der Waals surface area contributed by atoms with Crippen molar-refractivity contribution in [1.29, 1.82) is 0 Å². The number of rotatable bonds is 4. The second-order valence-corrected chi connectivity index (χ2v) is 6.37. The van der Waals surface area contributed by atoms with Gasteiger partial charge >= 0.3 is 11.9 Å². The van der Waals surface area contributed by atoms with Crippen LogP contribution >= 0.6 is 0 Å². The van der Waals surface area contributed by atoms with Gasteiger partial charge in [-0.2, -0.15) is 4.39 Å². The molecule has 1 aliphatic rings. The third kappa shape index (κ3) is 2.90. The summed E-state index contributed by atoms with van der Waals surface area (Å²) in [6, 6.07) is 4.92. The van der Waals surface area contributed by atoms with Gasteiger partial charge in [0.2, 0.25) is 11.2 Å². The van der Waals surface area contributed by atoms with E-state index < -0.39 is 34.8 Å². The van der Waals surface area contributed by atoms with E-state index in [1.54, 1.807) is 13.8 Å². The molecule has 0 aliphatic carbocycles. The molecule has 0 atom stereocenters. The van der Waals surface area contributed by atoms with Gasteiger partial charge in [-0.15, -0.1) is 0 Å². The Labute approximate surface area is 168 Å². The fourth-order valence-corrected chi connectivity index (χ4v) is 3.28. The van der Waals surface area contributed by atoms with Crippen LogP contribution < -0.4 is 10.2 Å². The van der Waals surface area contributed by atoms with Gasteiger partial charge in [-0.05, 0) is 38.1 Å². The highest BCUT2D eigenvalue weighted by molar-refractivity contribution is 5.97. The lowest BCUT2D eigenvalue weighted by atomic mass is 10.1. The zero-order chi connectivity index (χ0) is 21.6. The molecule has 0 fully saturated rings. The highest BCUT2D eigenvalue weighted by Crippen LogP contribution is 2.42. The van der Waals surface area contributed by atoms with Gasteiger partial charge in [0.1, 0.15) is 11.1 Å². The van der Waals surface area contributed by atoms with Crippen LogP contribution in [0.2, 0.25) is 0 Å². The molecule has 0 unspecified atom stereocenters. The Morgan fingerprint density at radius 2 is 1.77 bits per heavy atom. The van der Waals surface area contributed by atoms with Crippen LogP contribution in [0.15, 0.2) is 35.3 Å². The number of aromatic nitrogens is 1. The molecular weight excluding hydrogens is 400 g/mol. The first-order valence-corrected chi connectivity index (χ1v) is 9.11. The van der Waals surface area contributed by atoms with Crippen molar-refractivity contribution in [2.75, 3.05) is 13.2 Å². The molecule has 0 spiro atoms. The fourth-order valence-electron chi connectivity index (χ4n) is 3.28. The Kier molecular flexibility index (Phi) is 4.73. The highest BCUT2D eigenvalue weighted by atomic mass is 19.2. The first kappa shape index (κ1) is 19.6. The van der Waals surface area contributed by atoms with Crippen molar-refractivity contribution in [2.24, 2.45) is 0 Å². The van der Waals surface area contributed by atoms with Crippen LogP contribution in [-0.4, -0.2) is 29.7 Å². The average molecular weight is 415 g/mol. The Hall–Kier alpha value is -3.75. The van der Waals surface area contributed by atoms with Crippen molar-refractivity contribution in [3.63, 3.8) is 0 Å². The maximum Gasteiger partial charge on any atom is 0.343 e. The Morgan fingerprint density at radius 3 is 2.47 bits per heavy atom. The van der Waals surface area contributed by atoms with E-state index in [9.17, 15) is 23.2 Å². The van der Waals surface area contributed by atoms with Gasteiger partial charge in [-0.1, -0.05) is 0 Å². The monoisotopic (exact) mass is 415 g/mol. The summed E-state index contributed by atoms with van der Waals surface area (Å²) in [4.78, 5) is 37.2. The first-order valence-electron chi connectivity index (χ1n) is 9.11. The molecule has 2 aromatic carbocycles. The molecule has 1 aliphatic heterocycles. The molecular formula is C21H15F2NO6. The smallest absolute Gasteiger partial charge is 0.343 e. The number of nitrogens with zero attached hydrogens (tertiary/aromatic N) is 1. The van der Waals surface area contributed by atoms with E-state index in [1.807, 2.05) is 0 Å². The topological polar surface area (TPSA) is 83.8 Å². The van der Waals surface area contributed by atoms with Crippen molar-refractivity contribution >= 4 is 22.8 Å². The number of ether oxygens (including phenoxy) is 3. The summed E-state index contributed by atoms with van der Waals surface area (Å²) >= 11 is 0. The lowest BCUT2D eigenvalue weighted by Crippen LogP contribution is -2.23. The molecule has 7 nitrogen and oxygen atoms in total. The van der Waals surface area contributed by atoms with Gasteiger partial charge in [-0.3, -0.25) is 4.79 Å². The van der Waals surface area contributed by atoms with Crippen LogP contribution in [0.1, 0.15) is 34.6 Å². The molecule has 0 N–H and O–H groups in total. The minimum Gasteiger partial charge on any atom is -0.462 e. The molecule has 4 rings (SSSR count). The quantitative estimate of drug-likeness (QED) is 0.473. The molecule has 0 bridgehead atoms. The zero-order valence-corrected chi connectivity index (χ0v) is 16.0. The molecule has 2 heterocycles. The van der Waals surface area contributed by atoms with Gasteiger partial charge < -0.3 is 18.8 Å². The third-order valence-corrected chi connectivity index (χ3v) is 4.58. The van der Waals surface area contributed by atoms with Crippen LogP contribution in [0.3, 0.4) is 0 Å². The standard InChI is InChI=1S/C21H15F2NO6/c1-3-28-20(26)10-5-6-15-14(7-10)24-9-12(21(27)29-4-2)18(25)11-8-13(22)16(23)19(30-15)17(11)24/h5-9H,3-4H2,1-2H3. The minimum atomic E-state index is -1.30. The summed E-state index contributed by atoms with van der Waals surface area (Å²) < 4.78 is 45.4. The van der Waals surface area contributed by atoms with Crippen molar-refractivity contribution in [3.8, 4) is 17.2 Å². The Bertz CT molecular complexity index is 1280. The number of hydrogen-bond donors (Lipinski definition) is 0. The lowest BCUT2D eigenvalue weighted by Gasteiger charge is -2.24. The maximum atomic E-state index is 14.5. The normalized spacial score (nSPS) is 11.6. The molecule has 154 valence electrons. The summed E-state index contributed by atoms with van der Waals surface area (Å²) in [5.74, 6) is -4.48. The van der Waals surface area contributed by atoms with Gasteiger partial charge in [0.25, 0.3) is 0 Å². The third-order valence-electron chi connectivity index (χ3n) is 4.58. The first-order chi connectivity index (χ1) is 14.4. The van der Waals surface area contributed by atoms with E-state index in [0.29, 0.717) is 6.07 Å². The van der Waals surface area contributed by atoms with Crippen molar-refractivity contribution in [3.05, 3.63) is 63.4 Å². The molecule has 0 amide bonds. The number of carbonyl (C=O) groups is 2. The lowest BCUT2D eigenvalue weighted by molar-refractivity contribution is 0.0515. The summed E-state index contributed by atoms with van der Waals surface area (Å²) in [5.41, 5.74) is -0.839. The molecule has 0 radical (unpaired) electrons. The number of halogens is 2. The number of hydrogen-bond acceptors (Lipinski definition) is 6. The van der Waals surface area contributed by atoms with E-state index >= 15 is 0 Å². The molecule has 0 saturated heterocycles. The number of benzene rings is 2. The number of pyridine rings is 1. The van der Waals surface area contributed by atoms with Crippen LogP contribution in [0.25, 0.3) is 16.6 Å². The number of esters is 2. The highest BCUT2D eigenvalue weighted by Gasteiger charge is 2.29. The van der Waals surface area contributed by atoms with Crippen molar-refractivity contribution < 1.29 is 32.6 Å². The van der Waals surface area contributed by atoms with Crippen molar-refractivity contribution in [2.45, 2.75) is 13.8 Å². The van der Waals surface area contributed by atoms with E-state index in [1.165, 1.54) is 29.0 Å². The number of fused-ring (bicyclic) bond motifs is 2. The zero-order valence-electron chi connectivity index (χ0n) is 16.0. The minimum absolute atomic E-state index is 0.0199. The second-order valence-electron chi connectivity index (χ2n) is 6.37. The molecule has 9 heteroatoms. The molecule has 30 heavy (non-hydrogen) atoms. The second kappa shape index (κ2) is 7.25. The number of carbonyl (C=O) groups excluding carboxylic acids is 2. The van der Waals surface area contributed by atoms with Crippen LogP contribution in [0.5, 0.6) is 11.5 Å². The summed E-state index contributed by atoms with van der Waals surface area (Å²) in [6.45, 7) is 3.41. The van der Waals surface area contributed by atoms with E-state index in [0.717, 1.165) is 0 Å². The van der Waals surface area contributed by atoms with E-state index in [2.05, 4.69) is 0 Å². The summed E-state index contributed by atoms with van der Waals surface area (Å²) in [7, 11) is 0. The average Bonchev–Trinajstić information content (AvgIpc) is 2.73. The Balaban J connectivity index is 2.07. The van der Waals surface area contributed by atoms with Crippen LogP contribution in [0.4, 0.5) is 8.78 Å². The SMILES string of the molecule is CCOC(=O)c1ccc2c(c1)-n1cc(C(=O)OCC)c(=O)c3cc(F)c(F)c(c31)O2. The molecule has 1 aromatic heterocycles.